The molecule has 4 aromatic heterocycles. The molecule has 2 aliphatic carbocycles. The van der Waals surface area contributed by atoms with Gasteiger partial charge in [-0.2, -0.15) is 0 Å². The maximum atomic E-state index is 6.71. The Balaban J connectivity index is 0.846. The van der Waals surface area contributed by atoms with Crippen LogP contribution >= 0.6 is 11.3 Å². The fourth-order valence-electron chi connectivity index (χ4n) is 13.0. The molecule has 0 N–H and O–H groups in total. The van der Waals surface area contributed by atoms with Gasteiger partial charge in [0, 0.05) is 58.4 Å². The molecule has 0 saturated carbocycles. The van der Waals surface area contributed by atoms with Gasteiger partial charge in [0.05, 0.1) is 5.41 Å². The molecule has 0 unspecified atom stereocenters. The molecule has 17 rings (SSSR count). The fourth-order valence-corrected chi connectivity index (χ4v) is 14.1. The van der Waals surface area contributed by atoms with Gasteiger partial charge in [-0.25, -0.2) is 15.0 Å². The Morgan fingerprint density at radius 3 is 1.50 bits per heavy atom. The molecule has 0 fully saturated rings. The molecular formula is C70H39N3O2S. The van der Waals surface area contributed by atoms with E-state index in [1.165, 1.54) is 75.8 Å². The molecule has 0 aliphatic heterocycles. The Hall–Kier alpha value is -9.75. The van der Waals surface area contributed by atoms with Crippen LogP contribution in [0, 0.1) is 0 Å². The number of hydrogen-bond donors (Lipinski definition) is 0. The van der Waals surface area contributed by atoms with Gasteiger partial charge in [-0.3, -0.25) is 0 Å². The predicted molar refractivity (Wildman–Crippen MR) is 311 cm³/mol. The van der Waals surface area contributed by atoms with Crippen LogP contribution in [0.4, 0.5) is 0 Å². The zero-order valence-electron chi connectivity index (χ0n) is 40.6. The highest BCUT2D eigenvalue weighted by Gasteiger charge is 2.52. The van der Waals surface area contributed by atoms with Crippen LogP contribution in [0.2, 0.25) is 0 Å². The van der Waals surface area contributed by atoms with E-state index in [4.69, 9.17) is 23.8 Å². The van der Waals surface area contributed by atoms with Crippen molar-refractivity contribution < 1.29 is 8.83 Å². The van der Waals surface area contributed by atoms with E-state index < -0.39 is 5.41 Å². The average molecular weight is 986 g/mol. The molecule has 1 spiro atoms. The van der Waals surface area contributed by atoms with Crippen LogP contribution in [-0.2, 0) is 5.41 Å². The molecule has 0 amide bonds. The lowest BCUT2D eigenvalue weighted by Crippen LogP contribution is -2.26. The minimum Gasteiger partial charge on any atom is -0.456 e. The molecule has 0 bridgehead atoms. The number of benzene rings is 11. The van der Waals surface area contributed by atoms with Crippen molar-refractivity contribution in [3.05, 3.63) is 259 Å². The highest BCUT2D eigenvalue weighted by molar-refractivity contribution is 7.25. The minimum atomic E-state index is -0.463. The summed E-state index contributed by atoms with van der Waals surface area (Å²) in [7, 11) is 0. The zero-order chi connectivity index (χ0) is 49.6. The number of rotatable bonds is 5. The second-order valence-corrected chi connectivity index (χ2v) is 21.2. The molecule has 11 aromatic carbocycles. The highest BCUT2D eigenvalue weighted by atomic mass is 32.1. The summed E-state index contributed by atoms with van der Waals surface area (Å²) in [6.07, 6.45) is 0. The van der Waals surface area contributed by atoms with Gasteiger partial charge < -0.3 is 8.83 Å². The maximum absolute atomic E-state index is 6.71. The first kappa shape index (κ1) is 41.7. The van der Waals surface area contributed by atoms with E-state index in [2.05, 4.69) is 194 Å². The quantitative estimate of drug-likeness (QED) is 0.172. The summed E-state index contributed by atoms with van der Waals surface area (Å²) in [4.78, 5) is 16.1. The summed E-state index contributed by atoms with van der Waals surface area (Å²) in [5.41, 5.74) is 20.4. The van der Waals surface area contributed by atoms with Gasteiger partial charge in [-0.05, 0) is 127 Å². The van der Waals surface area contributed by atoms with Crippen LogP contribution in [-0.4, -0.2) is 15.0 Å². The van der Waals surface area contributed by atoms with Crippen molar-refractivity contribution >= 4 is 75.4 Å². The van der Waals surface area contributed by atoms with Gasteiger partial charge in [0.25, 0.3) is 0 Å². The second-order valence-electron chi connectivity index (χ2n) is 20.1. The largest absolute Gasteiger partial charge is 0.456 e. The Kier molecular flexibility index (Phi) is 8.58. The normalized spacial score (nSPS) is 13.1. The number of nitrogens with zero attached hydrogens (tertiary/aromatic N) is 3. The third kappa shape index (κ3) is 5.76. The van der Waals surface area contributed by atoms with E-state index in [-0.39, 0.29) is 0 Å². The smallest absolute Gasteiger partial charge is 0.164 e. The Morgan fingerprint density at radius 2 is 0.763 bits per heavy atom. The first-order valence-electron chi connectivity index (χ1n) is 25.7. The molecule has 352 valence electrons. The van der Waals surface area contributed by atoms with Gasteiger partial charge >= 0.3 is 0 Å². The van der Waals surface area contributed by atoms with Crippen molar-refractivity contribution in [1.29, 1.82) is 0 Å². The second kappa shape index (κ2) is 15.6. The standard InChI is InChI=1S/C70H39N3O2S/c1-6-26-55-45(17-1)46-18-2-7-27-56(46)70(55)57-28-8-3-19-47(57)49-23-12-22-44(66(49)70)42-16-11-15-40(37-42)41-33-35-59-54(38-41)65-52(25-14-31-61(65)75-59)69-72-67(43-34-36-63-53(39-43)48-20-5-10-32-62(48)76-63)71-68(73-69)51-24-13-30-60-64(51)50-21-4-9-29-58(50)74-60/h1-39H. The third-order valence-electron chi connectivity index (χ3n) is 16.2. The van der Waals surface area contributed by atoms with Crippen molar-refractivity contribution in [2.24, 2.45) is 0 Å². The summed E-state index contributed by atoms with van der Waals surface area (Å²) in [6.45, 7) is 0. The van der Waals surface area contributed by atoms with Gasteiger partial charge in [0.1, 0.15) is 22.3 Å². The number of hydrogen-bond acceptors (Lipinski definition) is 6. The molecule has 0 atom stereocenters. The zero-order valence-corrected chi connectivity index (χ0v) is 41.4. The van der Waals surface area contributed by atoms with E-state index in [0.717, 1.165) is 71.7 Å². The molecule has 2 aliphatic rings. The molecule has 4 heterocycles. The number of aromatic nitrogens is 3. The van der Waals surface area contributed by atoms with Gasteiger partial charge in [-0.1, -0.05) is 176 Å². The maximum Gasteiger partial charge on any atom is 0.164 e. The first-order valence-corrected chi connectivity index (χ1v) is 26.5. The summed E-state index contributed by atoms with van der Waals surface area (Å²) < 4.78 is 15.6. The Bertz CT molecular complexity index is 4920. The molecular weight excluding hydrogens is 947 g/mol. The molecule has 5 nitrogen and oxygen atoms in total. The van der Waals surface area contributed by atoms with E-state index in [0.29, 0.717) is 17.5 Å². The van der Waals surface area contributed by atoms with Crippen molar-refractivity contribution in [3.8, 4) is 78.7 Å². The van der Waals surface area contributed by atoms with Crippen LogP contribution < -0.4 is 0 Å². The minimum absolute atomic E-state index is 0.463. The summed E-state index contributed by atoms with van der Waals surface area (Å²) in [5.74, 6) is 1.71. The third-order valence-corrected chi connectivity index (χ3v) is 17.3. The molecule has 15 aromatic rings. The Labute approximate surface area is 439 Å². The molecule has 6 heteroatoms. The lowest BCUT2D eigenvalue weighted by molar-refractivity contribution is 0.668. The Morgan fingerprint density at radius 1 is 0.289 bits per heavy atom. The van der Waals surface area contributed by atoms with Gasteiger partial charge in [-0.15, -0.1) is 11.3 Å². The lowest BCUT2D eigenvalue weighted by atomic mass is 9.68. The fraction of sp³-hybridized carbons (Fsp3) is 0.0143. The van der Waals surface area contributed by atoms with Gasteiger partial charge in [0.15, 0.2) is 17.5 Å². The summed E-state index contributed by atoms with van der Waals surface area (Å²) >= 11 is 1.80. The summed E-state index contributed by atoms with van der Waals surface area (Å²) in [5, 5.41) is 6.32. The van der Waals surface area contributed by atoms with Gasteiger partial charge in [0.2, 0.25) is 0 Å². The van der Waals surface area contributed by atoms with E-state index in [9.17, 15) is 0 Å². The molecule has 76 heavy (non-hydrogen) atoms. The van der Waals surface area contributed by atoms with Crippen LogP contribution in [0.5, 0.6) is 0 Å². The first-order chi connectivity index (χ1) is 37.7. The number of fused-ring (bicyclic) bond motifs is 19. The van der Waals surface area contributed by atoms with E-state index in [1.807, 2.05) is 42.5 Å². The summed E-state index contributed by atoms with van der Waals surface area (Å²) in [6, 6.07) is 85.1. The highest BCUT2D eigenvalue weighted by Crippen LogP contribution is 2.64. The average Bonchev–Trinajstić information content (AvgIpc) is 4.49. The van der Waals surface area contributed by atoms with Crippen LogP contribution in [0.1, 0.15) is 22.3 Å². The SMILES string of the molecule is c1cc(-c2ccc3oc4cccc(-c5nc(-c6ccc7sc8ccccc8c7c6)nc(-c6cccc7oc8ccccc8c67)n5)c4c3c2)cc(-c2cccc3c2C2(c4ccccc4-c4ccccc42)c2ccccc2-3)c1. The van der Waals surface area contributed by atoms with Crippen molar-refractivity contribution in [3.63, 3.8) is 0 Å². The van der Waals surface area contributed by atoms with Crippen molar-refractivity contribution in [1.82, 2.24) is 15.0 Å². The number of furan rings is 2. The van der Waals surface area contributed by atoms with E-state index in [1.54, 1.807) is 11.3 Å². The predicted octanol–water partition coefficient (Wildman–Crippen LogP) is 18.7. The molecule has 0 saturated heterocycles. The van der Waals surface area contributed by atoms with Crippen molar-refractivity contribution in [2.75, 3.05) is 0 Å². The number of para-hydroxylation sites is 1. The number of thiophene rings is 1. The molecule has 0 radical (unpaired) electrons. The topological polar surface area (TPSA) is 65.0 Å². The van der Waals surface area contributed by atoms with Crippen molar-refractivity contribution in [2.45, 2.75) is 5.41 Å². The van der Waals surface area contributed by atoms with E-state index >= 15 is 0 Å². The lowest BCUT2D eigenvalue weighted by Gasteiger charge is -2.32. The monoisotopic (exact) mass is 985 g/mol. The van der Waals surface area contributed by atoms with Crippen LogP contribution in [0.15, 0.2) is 245 Å². The van der Waals surface area contributed by atoms with Crippen LogP contribution in [0.25, 0.3) is 143 Å². The van der Waals surface area contributed by atoms with Crippen LogP contribution in [0.3, 0.4) is 0 Å².